The fraction of sp³-hybridized carbons (Fsp3) is 0.909. The van der Waals surface area contributed by atoms with Crippen molar-refractivity contribution in [3.05, 3.63) is 0 Å². The SMILES string of the molecule is CC(NCCN(C)C1CC1)C(=O)NCC(F)(F)F. The van der Waals surface area contributed by atoms with E-state index in [4.69, 9.17) is 0 Å². The zero-order valence-corrected chi connectivity index (χ0v) is 10.7. The highest BCUT2D eigenvalue weighted by Crippen LogP contribution is 2.24. The number of carbonyl (C=O) groups excluding carboxylic acids is 1. The number of hydrogen-bond donors (Lipinski definition) is 2. The summed E-state index contributed by atoms with van der Waals surface area (Å²) in [7, 11) is 2.01. The molecule has 0 aromatic carbocycles. The molecule has 0 radical (unpaired) electrons. The molecule has 1 atom stereocenters. The van der Waals surface area contributed by atoms with Gasteiger partial charge in [-0.15, -0.1) is 0 Å². The van der Waals surface area contributed by atoms with Gasteiger partial charge in [-0.25, -0.2) is 0 Å². The number of carbonyl (C=O) groups is 1. The molecule has 1 fully saturated rings. The molecule has 1 saturated carbocycles. The van der Waals surface area contributed by atoms with E-state index in [0.717, 1.165) is 6.54 Å². The average molecular weight is 267 g/mol. The maximum absolute atomic E-state index is 11.9. The Hall–Kier alpha value is -0.820. The molecule has 0 spiro atoms. The van der Waals surface area contributed by atoms with Crippen molar-refractivity contribution in [2.45, 2.75) is 38.0 Å². The number of hydrogen-bond acceptors (Lipinski definition) is 3. The zero-order chi connectivity index (χ0) is 13.8. The van der Waals surface area contributed by atoms with E-state index in [2.05, 4.69) is 10.2 Å². The third-order valence-electron chi connectivity index (χ3n) is 2.94. The molecule has 2 N–H and O–H groups in total. The first-order chi connectivity index (χ1) is 8.29. The van der Waals surface area contributed by atoms with Crippen molar-refractivity contribution in [1.82, 2.24) is 15.5 Å². The molecule has 7 heteroatoms. The quantitative estimate of drug-likeness (QED) is 0.715. The molecule has 1 aliphatic carbocycles. The molecule has 0 bridgehead atoms. The Labute approximate surface area is 105 Å². The minimum atomic E-state index is -4.36. The summed E-state index contributed by atoms with van der Waals surface area (Å²) in [6.07, 6.45) is -1.95. The van der Waals surface area contributed by atoms with Crippen molar-refractivity contribution >= 4 is 5.91 Å². The fourth-order valence-electron chi connectivity index (χ4n) is 1.59. The molecule has 1 rings (SSSR count). The minimum Gasteiger partial charge on any atom is -0.346 e. The van der Waals surface area contributed by atoms with Gasteiger partial charge in [0.2, 0.25) is 5.91 Å². The maximum atomic E-state index is 11.9. The monoisotopic (exact) mass is 267 g/mol. The minimum absolute atomic E-state index is 0.591. The molecule has 18 heavy (non-hydrogen) atoms. The molecule has 0 aliphatic heterocycles. The first kappa shape index (κ1) is 15.2. The molecular weight excluding hydrogens is 247 g/mol. The summed E-state index contributed by atoms with van der Waals surface area (Å²) in [6, 6.07) is 0.0288. The number of amides is 1. The van der Waals surface area contributed by atoms with E-state index in [1.165, 1.54) is 12.8 Å². The molecular formula is C11H20F3N3O. The highest BCUT2D eigenvalue weighted by molar-refractivity contribution is 5.81. The molecule has 1 unspecified atom stereocenters. The summed E-state index contributed by atoms with van der Waals surface area (Å²) in [6.45, 7) is 1.66. The first-order valence-corrected chi connectivity index (χ1v) is 6.07. The van der Waals surface area contributed by atoms with E-state index < -0.39 is 24.7 Å². The van der Waals surface area contributed by atoms with Crippen LogP contribution in [-0.2, 0) is 4.79 Å². The number of nitrogens with one attached hydrogen (secondary N) is 2. The van der Waals surface area contributed by atoms with Gasteiger partial charge >= 0.3 is 6.18 Å². The third-order valence-corrected chi connectivity index (χ3v) is 2.94. The highest BCUT2D eigenvalue weighted by atomic mass is 19.4. The number of halogens is 3. The van der Waals surface area contributed by atoms with Crippen LogP contribution in [0.4, 0.5) is 13.2 Å². The number of likely N-dealkylation sites (N-methyl/N-ethyl adjacent to an activating group) is 1. The zero-order valence-electron chi connectivity index (χ0n) is 10.7. The van der Waals surface area contributed by atoms with E-state index in [-0.39, 0.29) is 0 Å². The van der Waals surface area contributed by atoms with Crippen LogP contribution in [0.1, 0.15) is 19.8 Å². The summed E-state index contributed by atoms with van der Waals surface area (Å²) in [4.78, 5) is 13.5. The van der Waals surface area contributed by atoms with Gasteiger partial charge in [-0.3, -0.25) is 4.79 Å². The van der Waals surface area contributed by atoms with Crippen LogP contribution in [-0.4, -0.2) is 55.7 Å². The standard InChI is InChI=1S/C11H20F3N3O/c1-8(10(18)16-7-11(12,13)14)15-5-6-17(2)9-3-4-9/h8-9,15H,3-7H2,1-2H3,(H,16,18). The third kappa shape index (κ3) is 6.20. The Balaban J connectivity index is 2.11. The van der Waals surface area contributed by atoms with Gasteiger partial charge in [-0.05, 0) is 26.8 Å². The first-order valence-electron chi connectivity index (χ1n) is 6.07. The van der Waals surface area contributed by atoms with Gasteiger partial charge in [0.1, 0.15) is 6.54 Å². The van der Waals surface area contributed by atoms with Gasteiger partial charge in [0.05, 0.1) is 6.04 Å². The van der Waals surface area contributed by atoms with E-state index in [9.17, 15) is 18.0 Å². The van der Waals surface area contributed by atoms with Gasteiger partial charge in [0.15, 0.2) is 0 Å². The van der Waals surface area contributed by atoms with E-state index in [1.54, 1.807) is 6.92 Å². The molecule has 1 amide bonds. The molecule has 0 saturated heterocycles. The summed E-state index contributed by atoms with van der Waals surface area (Å²) in [5.74, 6) is -0.624. The van der Waals surface area contributed by atoms with Gasteiger partial charge in [0.25, 0.3) is 0 Å². The summed E-state index contributed by atoms with van der Waals surface area (Å²) >= 11 is 0. The van der Waals surface area contributed by atoms with E-state index in [1.807, 2.05) is 12.4 Å². The van der Waals surface area contributed by atoms with Crippen LogP contribution in [0, 0.1) is 0 Å². The Morgan fingerprint density at radius 1 is 1.44 bits per heavy atom. The van der Waals surface area contributed by atoms with Crippen LogP contribution >= 0.6 is 0 Å². The van der Waals surface area contributed by atoms with Crippen LogP contribution in [0.25, 0.3) is 0 Å². The largest absolute Gasteiger partial charge is 0.405 e. The molecule has 0 aromatic heterocycles. The van der Waals surface area contributed by atoms with E-state index in [0.29, 0.717) is 12.6 Å². The lowest BCUT2D eigenvalue weighted by molar-refractivity contribution is -0.139. The number of nitrogens with zero attached hydrogens (tertiary/aromatic N) is 1. The Bertz CT molecular complexity index is 279. The summed E-state index contributed by atoms with van der Waals surface area (Å²) in [5.41, 5.74) is 0. The Morgan fingerprint density at radius 3 is 2.56 bits per heavy atom. The van der Waals surface area contributed by atoms with Crippen molar-refractivity contribution in [3.63, 3.8) is 0 Å². The lowest BCUT2D eigenvalue weighted by Crippen LogP contribution is -2.46. The predicted octanol–water partition coefficient (Wildman–Crippen LogP) is 0.737. The number of alkyl halides is 3. The predicted molar refractivity (Wildman–Crippen MR) is 62.2 cm³/mol. The van der Waals surface area contributed by atoms with Crippen LogP contribution in [0.3, 0.4) is 0 Å². The molecule has 4 nitrogen and oxygen atoms in total. The highest BCUT2D eigenvalue weighted by Gasteiger charge is 2.29. The van der Waals surface area contributed by atoms with Crippen molar-refractivity contribution in [3.8, 4) is 0 Å². The second kappa shape index (κ2) is 6.38. The molecule has 1 aliphatic rings. The fourth-order valence-corrected chi connectivity index (χ4v) is 1.59. The van der Waals surface area contributed by atoms with Gasteiger partial charge in [-0.2, -0.15) is 13.2 Å². The Morgan fingerprint density at radius 2 is 2.06 bits per heavy atom. The second-order valence-corrected chi connectivity index (χ2v) is 4.72. The van der Waals surface area contributed by atoms with Crippen molar-refractivity contribution in [1.29, 1.82) is 0 Å². The maximum Gasteiger partial charge on any atom is 0.405 e. The van der Waals surface area contributed by atoms with Crippen LogP contribution in [0.5, 0.6) is 0 Å². The lowest BCUT2D eigenvalue weighted by Gasteiger charge is -2.19. The van der Waals surface area contributed by atoms with Crippen LogP contribution < -0.4 is 10.6 Å². The smallest absolute Gasteiger partial charge is 0.346 e. The van der Waals surface area contributed by atoms with E-state index >= 15 is 0 Å². The Kier molecular flexibility index (Phi) is 5.40. The second-order valence-electron chi connectivity index (χ2n) is 4.72. The van der Waals surface area contributed by atoms with Crippen molar-refractivity contribution < 1.29 is 18.0 Å². The van der Waals surface area contributed by atoms with Crippen molar-refractivity contribution in [2.75, 3.05) is 26.7 Å². The van der Waals surface area contributed by atoms with Gasteiger partial charge in [0, 0.05) is 19.1 Å². The topological polar surface area (TPSA) is 44.4 Å². The molecule has 106 valence electrons. The lowest BCUT2D eigenvalue weighted by atomic mass is 10.3. The summed E-state index contributed by atoms with van der Waals surface area (Å²) in [5, 5.41) is 4.77. The van der Waals surface area contributed by atoms with Crippen LogP contribution in [0.15, 0.2) is 0 Å². The summed E-state index contributed by atoms with van der Waals surface area (Å²) < 4.78 is 35.7. The van der Waals surface area contributed by atoms with Gasteiger partial charge < -0.3 is 15.5 Å². The van der Waals surface area contributed by atoms with Gasteiger partial charge in [-0.1, -0.05) is 0 Å². The molecule has 0 aromatic rings. The van der Waals surface area contributed by atoms with Crippen molar-refractivity contribution in [2.24, 2.45) is 0 Å². The number of rotatable bonds is 7. The normalized spacial score (nSPS) is 17.9. The molecule has 0 heterocycles. The van der Waals surface area contributed by atoms with Crippen LogP contribution in [0.2, 0.25) is 0 Å². The average Bonchev–Trinajstić information content (AvgIpc) is 3.08.